The first-order valence-electron chi connectivity index (χ1n) is 11.7. The van der Waals surface area contributed by atoms with Crippen LogP contribution in [-0.2, 0) is 9.53 Å². The third-order valence-electron chi connectivity index (χ3n) is 6.60. The highest BCUT2D eigenvalue weighted by molar-refractivity contribution is 6.30. The minimum atomic E-state index is 0.0734. The van der Waals surface area contributed by atoms with Crippen LogP contribution in [0.3, 0.4) is 0 Å². The number of benzene rings is 2. The lowest BCUT2D eigenvalue weighted by molar-refractivity contribution is -0.139. The predicted molar refractivity (Wildman–Crippen MR) is 132 cm³/mol. The van der Waals surface area contributed by atoms with Gasteiger partial charge in [-0.2, -0.15) is 5.26 Å². The molecule has 1 heterocycles. The Kier molecular flexibility index (Phi) is 7.74. The van der Waals surface area contributed by atoms with E-state index in [0.717, 1.165) is 60.7 Å². The summed E-state index contributed by atoms with van der Waals surface area (Å²) in [4.78, 5) is 16.8. The number of aryl methyl sites for hydroxylation is 1. The summed E-state index contributed by atoms with van der Waals surface area (Å²) >= 11 is 5.98. The molecule has 2 fully saturated rings. The third-order valence-corrected chi connectivity index (χ3v) is 6.85. The van der Waals surface area contributed by atoms with Crippen molar-refractivity contribution in [1.29, 1.82) is 5.26 Å². The van der Waals surface area contributed by atoms with Gasteiger partial charge in [-0.15, -0.1) is 0 Å². The van der Waals surface area contributed by atoms with Crippen LogP contribution in [0.1, 0.15) is 36.8 Å². The highest BCUT2D eigenvalue weighted by atomic mass is 35.5. The molecule has 1 aliphatic heterocycles. The van der Waals surface area contributed by atoms with E-state index in [4.69, 9.17) is 16.3 Å². The van der Waals surface area contributed by atoms with Crippen molar-refractivity contribution in [3.8, 4) is 6.07 Å². The molecule has 1 saturated carbocycles. The van der Waals surface area contributed by atoms with Crippen molar-refractivity contribution in [2.24, 2.45) is 0 Å². The summed E-state index contributed by atoms with van der Waals surface area (Å²) in [7, 11) is 0. The van der Waals surface area contributed by atoms with Gasteiger partial charge in [0.1, 0.15) is 12.7 Å². The number of anilines is 2. The van der Waals surface area contributed by atoms with Gasteiger partial charge < -0.3 is 19.9 Å². The molecule has 1 N–H and O–H groups in total. The second kappa shape index (κ2) is 10.9. The van der Waals surface area contributed by atoms with Crippen molar-refractivity contribution in [2.75, 3.05) is 43.0 Å². The lowest BCUT2D eigenvalue weighted by Crippen LogP contribution is -2.50. The monoisotopic (exact) mass is 466 g/mol. The number of nitriles is 1. The topological polar surface area (TPSA) is 68.6 Å². The summed E-state index contributed by atoms with van der Waals surface area (Å²) < 4.78 is 5.98. The highest BCUT2D eigenvalue weighted by Gasteiger charge is 2.25. The molecule has 7 heteroatoms. The summed E-state index contributed by atoms with van der Waals surface area (Å²) in [5.74, 6) is 0.0734. The van der Waals surface area contributed by atoms with Crippen molar-refractivity contribution in [1.82, 2.24) is 4.90 Å². The smallest absolute Gasteiger partial charge is 0.248 e. The number of hydrogen-bond acceptors (Lipinski definition) is 5. The Morgan fingerprint density at radius 2 is 1.79 bits per heavy atom. The van der Waals surface area contributed by atoms with Gasteiger partial charge in [-0.3, -0.25) is 4.79 Å². The van der Waals surface area contributed by atoms with Crippen LogP contribution in [0.2, 0.25) is 5.02 Å². The van der Waals surface area contributed by atoms with Crippen LogP contribution in [0.15, 0.2) is 42.5 Å². The number of amides is 1. The average Bonchev–Trinajstić information content (AvgIpc) is 2.85. The van der Waals surface area contributed by atoms with E-state index < -0.39 is 0 Å². The van der Waals surface area contributed by atoms with Crippen LogP contribution < -0.4 is 10.2 Å². The minimum Gasteiger partial charge on any atom is -0.381 e. The summed E-state index contributed by atoms with van der Waals surface area (Å²) in [5, 5.41) is 13.6. The number of rotatable bonds is 6. The molecule has 2 aromatic carbocycles. The maximum absolute atomic E-state index is 12.7. The van der Waals surface area contributed by atoms with Crippen LogP contribution in [-0.4, -0.2) is 55.7 Å². The first kappa shape index (κ1) is 23.4. The van der Waals surface area contributed by atoms with Crippen molar-refractivity contribution < 1.29 is 9.53 Å². The molecule has 0 bridgehead atoms. The van der Waals surface area contributed by atoms with E-state index in [1.54, 1.807) is 0 Å². The second-order valence-corrected chi connectivity index (χ2v) is 9.37. The number of hydrogen-bond donors (Lipinski definition) is 1. The highest BCUT2D eigenvalue weighted by Crippen LogP contribution is 2.26. The van der Waals surface area contributed by atoms with Crippen molar-refractivity contribution in [3.63, 3.8) is 0 Å². The van der Waals surface area contributed by atoms with Gasteiger partial charge in [-0.25, -0.2) is 0 Å². The first-order valence-corrected chi connectivity index (χ1v) is 12.1. The van der Waals surface area contributed by atoms with Crippen molar-refractivity contribution in [3.05, 3.63) is 58.6 Å². The second-order valence-electron chi connectivity index (χ2n) is 8.93. The molecule has 33 heavy (non-hydrogen) atoms. The molecular formula is C26H31ClN4O2. The maximum Gasteiger partial charge on any atom is 0.248 e. The zero-order valence-electron chi connectivity index (χ0n) is 19.1. The summed E-state index contributed by atoms with van der Waals surface area (Å²) in [6.45, 7) is 5.19. The van der Waals surface area contributed by atoms with Crippen LogP contribution in [0.4, 0.5) is 11.4 Å². The van der Waals surface area contributed by atoms with Gasteiger partial charge >= 0.3 is 0 Å². The predicted octanol–water partition coefficient (Wildman–Crippen LogP) is 4.61. The summed E-state index contributed by atoms with van der Waals surface area (Å²) in [6, 6.07) is 16.4. The largest absolute Gasteiger partial charge is 0.381 e. The molecule has 0 aromatic heterocycles. The normalized spacial score (nSPS) is 20.9. The average molecular weight is 467 g/mol. The Morgan fingerprint density at radius 1 is 1.09 bits per heavy atom. The number of carbonyl (C=O) groups excluding carboxylic acids is 1. The first-order chi connectivity index (χ1) is 16.0. The van der Waals surface area contributed by atoms with E-state index in [0.29, 0.717) is 24.7 Å². The van der Waals surface area contributed by atoms with Gasteiger partial charge in [0.2, 0.25) is 5.91 Å². The molecule has 1 aliphatic carbocycles. The molecule has 4 rings (SSSR count). The van der Waals surface area contributed by atoms with Crippen LogP contribution in [0.5, 0.6) is 0 Å². The third kappa shape index (κ3) is 6.19. The molecule has 0 radical (unpaired) electrons. The molecule has 174 valence electrons. The Hall–Kier alpha value is -2.75. The number of nitrogens with zero attached hydrogens (tertiary/aromatic N) is 3. The SMILES string of the molecule is Cc1ccc(NC2CCC(OCC(=O)N3CCN(c4ccc(Cl)cc4)CC3)CC2)c(C#N)c1. The van der Waals surface area contributed by atoms with Gasteiger partial charge in [-0.05, 0) is 74.6 Å². The van der Waals surface area contributed by atoms with Gasteiger partial charge in [0.15, 0.2) is 0 Å². The zero-order chi connectivity index (χ0) is 23.2. The molecule has 0 spiro atoms. The Morgan fingerprint density at radius 3 is 2.45 bits per heavy atom. The van der Waals surface area contributed by atoms with E-state index in [-0.39, 0.29) is 18.6 Å². The number of halogens is 1. The number of ether oxygens (including phenoxy) is 1. The Balaban J connectivity index is 1.17. The van der Waals surface area contributed by atoms with Crippen molar-refractivity contribution in [2.45, 2.75) is 44.8 Å². The molecular weight excluding hydrogens is 436 g/mol. The van der Waals surface area contributed by atoms with E-state index in [1.165, 1.54) is 0 Å². The Labute approximate surface area is 201 Å². The standard InChI is InChI=1S/C26H31ClN4O2/c1-19-2-11-25(20(16-19)17-28)29-22-5-9-24(10-6-22)33-18-26(32)31-14-12-30(13-15-31)23-7-3-21(27)4-8-23/h2-4,7-8,11,16,22,24,29H,5-6,9-10,12-15,18H2,1H3. The minimum absolute atomic E-state index is 0.0734. The van der Waals surface area contributed by atoms with E-state index in [9.17, 15) is 10.1 Å². The van der Waals surface area contributed by atoms with Gasteiger partial charge in [-0.1, -0.05) is 17.7 Å². The number of piperazine rings is 1. The van der Waals surface area contributed by atoms with E-state index in [2.05, 4.69) is 16.3 Å². The molecule has 1 saturated heterocycles. The number of nitrogens with one attached hydrogen (secondary N) is 1. The fraction of sp³-hybridized carbons (Fsp3) is 0.462. The zero-order valence-corrected chi connectivity index (χ0v) is 19.9. The molecule has 6 nitrogen and oxygen atoms in total. The van der Waals surface area contributed by atoms with E-state index >= 15 is 0 Å². The molecule has 0 atom stereocenters. The molecule has 2 aliphatic rings. The van der Waals surface area contributed by atoms with Crippen molar-refractivity contribution >= 4 is 28.9 Å². The summed E-state index contributed by atoms with van der Waals surface area (Å²) in [6.07, 6.45) is 3.90. The fourth-order valence-electron chi connectivity index (χ4n) is 4.62. The number of carbonyl (C=O) groups is 1. The van der Waals surface area contributed by atoms with Crippen LogP contribution in [0, 0.1) is 18.3 Å². The lowest BCUT2D eigenvalue weighted by Gasteiger charge is -2.36. The Bertz CT molecular complexity index is 988. The molecule has 2 aromatic rings. The maximum atomic E-state index is 12.7. The van der Waals surface area contributed by atoms with Crippen LogP contribution in [0.25, 0.3) is 0 Å². The molecule has 1 amide bonds. The van der Waals surface area contributed by atoms with Gasteiger partial charge in [0.25, 0.3) is 0 Å². The van der Waals surface area contributed by atoms with E-state index in [1.807, 2.05) is 54.3 Å². The lowest BCUT2D eigenvalue weighted by atomic mass is 9.92. The summed E-state index contributed by atoms with van der Waals surface area (Å²) in [5.41, 5.74) is 3.82. The van der Waals surface area contributed by atoms with Crippen LogP contribution >= 0.6 is 11.6 Å². The quantitative estimate of drug-likeness (QED) is 0.673. The van der Waals surface area contributed by atoms with Gasteiger partial charge in [0.05, 0.1) is 17.4 Å². The fourth-order valence-corrected chi connectivity index (χ4v) is 4.74. The van der Waals surface area contributed by atoms with Gasteiger partial charge in [0, 0.05) is 42.9 Å². The molecule has 0 unspecified atom stereocenters.